The van der Waals surface area contributed by atoms with Gasteiger partial charge in [0.2, 0.25) is 0 Å². The van der Waals surface area contributed by atoms with Gasteiger partial charge in [-0.1, -0.05) is 5.92 Å². The first kappa shape index (κ1) is 13.1. The first-order chi connectivity index (χ1) is 10.7. The third-order valence-electron chi connectivity index (χ3n) is 4.06. The molecule has 22 heavy (non-hydrogen) atoms. The molecule has 2 amide bonds. The Morgan fingerprint density at radius 3 is 3.18 bits per heavy atom. The first-order valence-electron chi connectivity index (χ1n) is 6.90. The molecule has 2 aromatic rings. The van der Waals surface area contributed by atoms with Crippen LogP contribution in [0.25, 0.3) is 5.69 Å². The van der Waals surface area contributed by atoms with Crippen LogP contribution < -0.4 is 5.32 Å². The third-order valence-corrected chi connectivity index (χ3v) is 4.96. The fourth-order valence-electron chi connectivity index (χ4n) is 2.96. The number of carbonyl (C=O) groups is 2. The largest absolute Gasteiger partial charge is 0.340 e. The van der Waals surface area contributed by atoms with Crippen molar-refractivity contribution < 1.29 is 9.59 Å². The average Bonchev–Trinajstić information content (AvgIpc) is 3.08. The quantitative estimate of drug-likeness (QED) is 0.847. The fraction of sp³-hybridized carbons (Fsp3) is 0.267. The van der Waals surface area contributed by atoms with Gasteiger partial charge >= 0.3 is 0 Å². The lowest BCUT2D eigenvalue weighted by molar-refractivity contribution is 0.0461. The van der Waals surface area contributed by atoms with Crippen molar-refractivity contribution in [2.24, 2.45) is 0 Å². The number of thiophene rings is 1. The minimum Gasteiger partial charge on any atom is -0.340 e. The molecule has 2 aromatic heterocycles. The van der Waals surface area contributed by atoms with Crippen LogP contribution in [0.3, 0.4) is 0 Å². The number of imidazole rings is 1. The van der Waals surface area contributed by atoms with Crippen LogP contribution in [-0.4, -0.2) is 39.4 Å². The molecule has 4 rings (SSSR count). The van der Waals surface area contributed by atoms with Gasteiger partial charge in [-0.15, -0.1) is 17.8 Å². The number of nitrogens with one attached hydrogen (secondary N) is 1. The third kappa shape index (κ3) is 1.64. The highest BCUT2D eigenvalue weighted by atomic mass is 32.1. The minimum atomic E-state index is -0.301. The van der Waals surface area contributed by atoms with Gasteiger partial charge in [-0.3, -0.25) is 14.2 Å². The number of fused-ring (bicyclic) bond motifs is 5. The highest BCUT2D eigenvalue weighted by Gasteiger charge is 2.42. The van der Waals surface area contributed by atoms with E-state index >= 15 is 0 Å². The summed E-state index contributed by atoms with van der Waals surface area (Å²) in [5.74, 6) is 2.10. The van der Waals surface area contributed by atoms with Crippen LogP contribution in [0.4, 0.5) is 0 Å². The number of rotatable bonds is 2. The van der Waals surface area contributed by atoms with Gasteiger partial charge in [-0.05, 0) is 17.9 Å². The van der Waals surface area contributed by atoms with Crippen LogP contribution in [0.2, 0.25) is 0 Å². The molecule has 0 aromatic carbocycles. The molecule has 0 spiro atoms. The summed E-state index contributed by atoms with van der Waals surface area (Å²) in [4.78, 5) is 31.6. The maximum absolute atomic E-state index is 12.6. The summed E-state index contributed by atoms with van der Waals surface area (Å²) in [5.41, 5.74) is 1.91. The predicted molar refractivity (Wildman–Crippen MR) is 81.0 cm³/mol. The predicted octanol–water partition coefficient (Wildman–Crippen LogP) is 1.20. The second kappa shape index (κ2) is 4.71. The number of nitrogens with zero attached hydrogens (tertiary/aromatic N) is 3. The Bertz CT molecular complexity index is 829. The maximum Gasteiger partial charge on any atom is 0.272 e. The number of hydrogen-bond donors (Lipinski definition) is 1. The number of aromatic nitrogens is 2. The topological polar surface area (TPSA) is 67.2 Å². The number of terminal acetylenes is 1. The van der Waals surface area contributed by atoms with Crippen LogP contribution in [0.5, 0.6) is 0 Å². The fourth-order valence-corrected chi connectivity index (χ4v) is 3.79. The number of carbonyl (C=O) groups excluding carboxylic acids is 2. The molecule has 110 valence electrons. The zero-order valence-corrected chi connectivity index (χ0v) is 12.4. The molecule has 0 unspecified atom stereocenters. The second-order valence-electron chi connectivity index (χ2n) is 5.17. The van der Waals surface area contributed by atoms with E-state index in [4.69, 9.17) is 6.42 Å². The van der Waals surface area contributed by atoms with Gasteiger partial charge < -0.3 is 10.2 Å². The van der Waals surface area contributed by atoms with E-state index in [1.54, 1.807) is 11.2 Å². The van der Waals surface area contributed by atoms with E-state index in [0.29, 0.717) is 17.1 Å². The molecular formula is C15H12N4O2S. The van der Waals surface area contributed by atoms with Gasteiger partial charge in [0.15, 0.2) is 5.69 Å². The summed E-state index contributed by atoms with van der Waals surface area (Å²) in [5, 5.41) is 4.52. The summed E-state index contributed by atoms with van der Waals surface area (Å²) in [6.45, 7) is 0.861. The van der Waals surface area contributed by atoms with E-state index in [-0.39, 0.29) is 24.4 Å². The Hall–Kier alpha value is -2.59. The Labute approximate surface area is 130 Å². The normalized spacial score (nSPS) is 18.4. The Morgan fingerprint density at radius 2 is 2.45 bits per heavy atom. The second-order valence-corrected chi connectivity index (χ2v) is 6.09. The van der Waals surface area contributed by atoms with Gasteiger partial charge in [0.1, 0.15) is 11.2 Å². The zero-order valence-electron chi connectivity index (χ0n) is 11.6. The molecule has 7 heteroatoms. The Kier molecular flexibility index (Phi) is 2.81. The summed E-state index contributed by atoms with van der Waals surface area (Å²) in [7, 11) is 0. The van der Waals surface area contributed by atoms with Crippen molar-refractivity contribution >= 4 is 23.2 Å². The molecule has 6 nitrogen and oxygen atoms in total. The molecule has 4 heterocycles. The van der Waals surface area contributed by atoms with Crippen LogP contribution in [-0.2, 0) is 0 Å². The molecule has 1 atom stereocenters. The van der Waals surface area contributed by atoms with E-state index < -0.39 is 0 Å². The van der Waals surface area contributed by atoms with Crippen LogP contribution >= 0.6 is 11.3 Å². The minimum absolute atomic E-state index is 0.0277. The highest BCUT2D eigenvalue weighted by molar-refractivity contribution is 7.12. The molecule has 1 N–H and O–H groups in total. The van der Waals surface area contributed by atoms with Gasteiger partial charge in [-0.25, -0.2) is 4.98 Å². The molecule has 0 saturated carbocycles. The smallest absolute Gasteiger partial charge is 0.272 e. The van der Waals surface area contributed by atoms with Crippen molar-refractivity contribution in [2.45, 2.75) is 12.5 Å². The lowest BCUT2D eigenvalue weighted by Gasteiger charge is -2.39. The zero-order chi connectivity index (χ0) is 15.3. The van der Waals surface area contributed by atoms with E-state index in [1.165, 1.54) is 11.3 Å². The molecule has 2 aliphatic rings. The van der Waals surface area contributed by atoms with Crippen molar-refractivity contribution in [3.63, 3.8) is 0 Å². The van der Waals surface area contributed by atoms with Crippen molar-refractivity contribution in [1.29, 1.82) is 0 Å². The van der Waals surface area contributed by atoms with Crippen molar-refractivity contribution in [2.75, 3.05) is 13.1 Å². The van der Waals surface area contributed by atoms with Gasteiger partial charge in [0.05, 0.1) is 24.0 Å². The van der Waals surface area contributed by atoms with Crippen LogP contribution in [0, 0.1) is 12.3 Å². The summed E-state index contributed by atoms with van der Waals surface area (Å²) in [6.07, 6.45) is 7.63. The van der Waals surface area contributed by atoms with Crippen molar-refractivity contribution in [3.8, 4) is 18.0 Å². The molecular weight excluding hydrogens is 300 g/mol. The van der Waals surface area contributed by atoms with Gasteiger partial charge in [0.25, 0.3) is 11.8 Å². The molecule has 0 bridgehead atoms. The van der Waals surface area contributed by atoms with E-state index in [1.807, 2.05) is 16.0 Å². The summed E-state index contributed by atoms with van der Waals surface area (Å²) >= 11 is 1.41. The standard InChI is InChI=1S/C15H12N4O2S/c1-2-5-16-14(20)11-12-9-3-6-18(9)15(21)13-10(4-7-22-13)19(12)8-17-11/h1,4,7-9H,3,5-6H2,(H,16,20)/t9-/m0/s1. The van der Waals surface area contributed by atoms with Crippen molar-refractivity contribution in [3.05, 3.63) is 34.0 Å². The number of amides is 2. The molecule has 0 aliphatic carbocycles. The van der Waals surface area contributed by atoms with Crippen LogP contribution in [0.15, 0.2) is 17.8 Å². The summed E-state index contributed by atoms with van der Waals surface area (Å²) < 4.78 is 1.86. The van der Waals surface area contributed by atoms with E-state index in [0.717, 1.165) is 17.8 Å². The molecule has 1 fully saturated rings. The lowest BCUT2D eigenvalue weighted by atomic mass is 9.98. The highest BCUT2D eigenvalue weighted by Crippen LogP contribution is 2.42. The molecule has 2 aliphatic heterocycles. The monoisotopic (exact) mass is 312 g/mol. The molecule has 0 radical (unpaired) electrons. The van der Waals surface area contributed by atoms with E-state index in [9.17, 15) is 9.59 Å². The van der Waals surface area contributed by atoms with E-state index in [2.05, 4.69) is 16.2 Å². The average molecular weight is 312 g/mol. The van der Waals surface area contributed by atoms with Gasteiger partial charge in [-0.2, -0.15) is 0 Å². The maximum atomic E-state index is 12.6. The number of hydrogen-bond acceptors (Lipinski definition) is 4. The Balaban J connectivity index is 1.86. The first-order valence-corrected chi connectivity index (χ1v) is 7.78. The van der Waals surface area contributed by atoms with Crippen LogP contribution in [0.1, 0.15) is 38.3 Å². The Morgan fingerprint density at radius 1 is 1.59 bits per heavy atom. The molecule has 1 saturated heterocycles. The SMILES string of the molecule is C#CCNC(=O)c1ncn2c1[C@@H]1CCN1C(=O)c1sccc1-2. The summed E-state index contributed by atoms with van der Waals surface area (Å²) in [6, 6.07) is 1.79. The lowest BCUT2D eigenvalue weighted by Crippen LogP contribution is -2.45. The van der Waals surface area contributed by atoms with Crippen molar-refractivity contribution in [1.82, 2.24) is 19.8 Å². The van der Waals surface area contributed by atoms with Gasteiger partial charge in [0, 0.05) is 6.54 Å².